The second-order valence-electron chi connectivity index (χ2n) is 4.17. The molecule has 0 saturated carbocycles. The number of phenolic OH excluding ortho intramolecular Hbond substituents is 3. The minimum absolute atomic E-state index is 0.0614. The van der Waals surface area contributed by atoms with Crippen LogP contribution in [-0.4, -0.2) is 34.0 Å². The predicted molar refractivity (Wildman–Crippen MR) is 80.9 cm³/mol. The van der Waals surface area contributed by atoms with Crippen molar-refractivity contribution in [3.05, 3.63) is 47.0 Å². The lowest BCUT2D eigenvalue weighted by Gasteiger charge is -2.11. The van der Waals surface area contributed by atoms with Crippen LogP contribution in [0.3, 0.4) is 0 Å². The third-order valence-electron chi connectivity index (χ3n) is 2.92. The number of para-hydroxylation sites is 1. The number of phenols is 3. The summed E-state index contributed by atoms with van der Waals surface area (Å²) in [6.07, 6.45) is 2.72. The van der Waals surface area contributed by atoms with Crippen molar-refractivity contribution in [1.29, 1.82) is 10.8 Å². The molecular weight excluding hydrogens is 270 g/mol. The van der Waals surface area contributed by atoms with Crippen molar-refractivity contribution in [3.63, 3.8) is 0 Å². The highest BCUT2D eigenvalue weighted by Crippen LogP contribution is 2.39. The number of hydrogen-bond acceptors (Lipinski definition) is 6. The largest absolute Gasteiger partial charge is 0.506 e. The Kier molecular flexibility index (Phi) is 3.99. The van der Waals surface area contributed by atoms with Gasteiger partial charge in [0.1, 0.15) is 17.2 Å². The summed E-state index contributed by atoms with van der Waals surface area (Å²) in [6.45, 7) is 0. The third kappa shape index (κ3) is 2.59. The minimum atomic E-state index is -0.521. The number of hydrogen-bond donors (Lipinski definition) is 5. The smallest absolute Gasteiger partial charge is 0.140 e. The van der Waals surface area contributed by atoms with Crippen molar-refractivity contribution >= 4 is 24.3 Å². The lowest BCUT2D eigenvalue weighted by atomic mass is 10.0. The van der Waals surface area contributed by atoms with E-state index in [0.29, 0.717) is 5.69 Å². The fraction of sp³-hybridized carbons (Fsp3) is 0. The number of aliphatic imine (C=N–C) groups is 1. The van der Waals surface area contributed by atoms with Gasteiger partial charge < -0.3 is 26.1 Å². The highest BCUT2D eigenvalue weighted by molar-refractivity contribution is 6.02. The number of aromatic hydroxyl groups is 3. The van der Waals surface area contributed by atoms with E-state index < -0.39 is 17.2 Å². The van der Waals surface area contributed by atoms with Gasteiger partial charge >= 0.3 is 0 Å². The Morgan fingerprint density at radius 3 is 1.71 bits per heavy atom. The Hall–Kier alpha value is -3.15. The van der Waals surface area contributed by atoms with E-state index in [1.54, 1.807) is 24.3 Å². The van der Waals surface area contributed by atoms with Gasteiger partial charge in [-0.15, -0.1) is 0 Å². The van der Waals surface area contributed by atoms with Crippen LogP contribution in [0, 0.1) is 10.8 Å². The maximum atomic E-state index is 10.0. The number of benzene rings is 2. The van der Waals surface area contributed by atoms with E-state index in [9.17, 15) is 15.3 Å². The quantitative estimate of drug-likeness (QED) is 0.554. The van der Waals surface area contributed by atoms with Crippen LogP contribution in [0.1, 0.15) is 16.7 Å². The highest BCUT2D eigenvalue weighted by Gasteiger charge is 2.20. The molecule has 0 saturated heterocycles. The van der Waals surface area contributed by atoms with Crippen LogP contribution in [0.25, 0.3) is 0 Å². The van der Waals surface area contributed by atoms with E-state index in [0.717, 1.165) is 12.4 Å². The van der Waals surface area contributed by atoms with Gasteiger partial charge in [0.05, 0.1) is 22.4 Å². The zero-order chi connectivity index (χ0) is 15.4. The monoisotopic (exact) mass is 283 g/mol. The molecule has 2 rings (SSSR count). The van der Waals surface area contributed by atoms with Gasteiger partial charge in [0.2, 0.25) is 0 Å². The van der Waals surface area contributed by atoms with Crippen molar-refractivity contribution in [2.24, 2.45) is 4.99 Å². The summed E-state index contributed by atoms with van der Waals surface area (Å²) in [6, 6.07) is 8.87. The molecule has 0 fully saturated rings. The molecule has 0 aliphatic carbocycles. The number of nitrogens with one attached hydrogen (secondary N) is 2. The molecule has 106 valence electrons. The Morgan fingerprint density at radius 2 is 1.24 bits per heavy atom. The van der Waals surface area contributed by atoms with Gasteiger partial charge in [0, 0.05) is 18.6 Å². The van der Waals surface area contributed by atoms with Crippen molar-refractivity contribution in [2.45, 2.75) is 0 Å². The first-order chi connectivity index (χ1) is 10.1. The van der Waals surface area contributed by atoms with Crippen LogP contribution in [0.4, 0.5) is 5.69 Å². The van der Waals surface area contributed by atoms with Crippen LogP contribution in [0.5, 0.6) is 17.2 Å². The predicted octanol–water partition coefficient (Wildman–Crippen LogP) is 2.55. The van der Waals surface area contributed by atoms with E-state index in [1.807, 2.05) is 6.07 Å². The van der Waals surface area contributed by atoms with Crippen molar-refractivity contribution in [1.82, 2.24) is 0 Å². The first-order valence-electron chi connectivity index (χ1n) is 6.01. The summed E-state index contributed by atoms with van der Waals surface area (Å²) in [4.78, 5) is 4.10. The summed E-state index contributed by atoms with van der Waals surface area (Å²) in [7, 11) is 0. The van der Waals surface area contributed by atoms with Crippen LogP contribution in [0.2, 0.25) is 0 Å². The number of nitrogens with zero attached hydrogens (tertiary/aromatic N) is 1. The van der Waals surface area contributed by atoms with Crippen LogP contribution in [-0.2, 0) is 0 Å². The van der Waals surface area contributed by atoms with Crippen LogP contribution >= 0.6 is 0 Å². The van der Waals surface area contributed by atoms with E-state index in [-0.39, 0.29) is 16.7 Å². The zero-order valence-corrected chi connectivity index (χ0v) is 10.9. The van der Waals surface area contributed by atoms with E-state index in [2.05, 4.69) is 4.99 Å². The maximum Gasteiger partial charge on any atom is 0.140 e. The van der Waals surface area contributed by atoms with E-state index >= 15 is 0 Å². The van der Waals surface area contributed by atoms with Gasteiger partial charge in [-0.2, -0.15) is 0 Å². The van der Waals surface area contributed by atoms with Gasteiger partial charge in [-0.25, -0.2) is 0 Å². The Bertz CT molecular complexity index is 690. The normalized spacial score (nSPS) is 10.7. The average molecular weight is 283 g/mol. The molecule has 0 heterocycles. The van der Waals surface area contributed by atoms with E-state index in [4.69, 9.17) is 10.8 Å². The molecule has 0 spiro atoms. The van der Waals surface area contributed by atoms with Gasteiger partial charge in [0.15, 0.2) is 0 Å². The molecule has 2 aromatic carbocycles. The Morgan fingerprint density at radius 1 is 0.762 bits per heavy atom. The molecule has 5 N–H and O–H groups in total. The summed E-state index contributed by atoms with van der Waals surface area (Å²) in [5.41, 5.74) is 0.187. The summed E-state index contributed by atoms with van der Waals surface area (Å²) < 4.78 is 0. The molecule has 0 aliphatic heterocycles. The minimum Gasteiger partial charge on any atom is -0.506 e. The topological polar surface area (TPSA) is 121 Å². The maximum absolute atomic E-state index is 10.0. The average Bonchev–Trinajstić information content (AvgIpc) is 2.49. The molecule has 2 aromatic rings. The molecule has 0 unspecified atom stereocenters. The molecule has 0 atom stereocenters. The second-order valence-corrected chi connectivity index (χ2v) is 4.17. The lowest BCUT2D eigenvalue weighted by molar-refractivity contribution is 0.424. The van der Waals surface area contributed by atoms with Crippen molar-refractivity contribution < 1.29 is 15.3 Å². The van der Waals surface area contributed by atoms with Crippen molar-refractivity contribution in [2.75, 3.05) is 0 Å². The lowest BCUT2D eigenvalue weighted by Crippen LogP contribution is -1.96. The summed E-state index contributed by atoms with van der Waals surface area (Å²) in [5.74, 6) is -1.46. The first-order valence-corrected chi connectivity index (χ1v) is 6.01. The zero-order valence-electron chi connectivity index (χ0n) is 10.9. The van der Waals surface area contributed by atoms with Gasteiger partial charge in [-0.05, 0) is 12.1 Å². The first kappa shape index (κ1) is 14.3. The van der Waals surface area contributed by atoms with E-state index in [1.165, 1.54) is 6.21 Å². The molecule has 6 nitrogen and oxygen atoms in total. The fourth-order valence-corrected chi connectivity index (χ4v) is 1.82. The van der Waals surface area contributed by atoms with Crippen LogP contribution < -0.4 is 0 Å². The molecule has 0 amide bonds. The Balaban J connectivity index is 2.61. The Labute approximate surface area is 120 Å². The number of rotatable bonds is 4. The standard InChI is InChI=1S/C15H13N3O3/c16-6-10-13(19)11(7-17)15(21)12(14(10)20)8-18-9-4-2-1-3-5-9/h1-8,16-17,19-21H. The van der Waals surface area contributed by atoms with Crippen molar-refractivity contribution in [3.8, 4) is 17.2 Å². The third-order valence-corrected chi connectivity index (χ3v) is 2.92. The van der Waals surface area contributed by atoms with Gasteiger partial charge in [0.25, 0.3) is 0 Å². The second kappa shape index (κ2) is 5.87. The van der Waals surface area contributed by atoms with Gasteiger partial charge in [-0.1, -0.05) is 18.2 Å². The molecule has 0 aliphatic rings. The molecule has 6 heteroatoms. The van der Waals surface area contributed by atoms with Crippen LogP contribution in [0.15, 0.2) is 35.3 Å². The SMILES string of the molecule is N=Cc1c(O)c(C=N)c(O)c(C=Nc2ccccc2)c1O. The molecular formula is C15H13N3O3. The van der Waals surface area contributed by atoms with Gasteiger partial charge in [-0.3, -0.25) is 4.99 Å². The molecule has 21 heavy (non-hydrogen) atoms. The summed E-state index contributed by atoms with van der Waals surface area (Å²) in [5, 5.41) is 44.2. The fourth-order valence-electron chi connectivity index (χ4n) is 1.82. The molecule has 0 aromatic heterocycles. The molecule has 0 radical (unpaired) electrons. The molecule has 0 bridgehead atoms. The highest BCUT2D eigenvalue weighted by atomic mass is 16.3. The summed E-state index contributed by atoms with van der Waals surface area (Å²) >= 11 is 0.